The minimum Gasteiger partial charge on any atom is -0.396 e. The summed E-state index contributed by atoms with van der Waals surface area (Å²) in [5.41, 5.74) is -0.470. The fraction of sp³-hybridized carbons (Fsp3) is 0.304. The van der Waals surface area contributed by atoms with Crippen LogP contribution < -0.4 is 10.6 Å². The van der Waals surface area contributed by atoms with Crippen LogP contribution in [-0.4, -0.2) is 37.9 Å². The number of aliphatic hydroxyl groups is 2. The van der Waals surface area contributed by atoms with Crippen molar-refractivity contribution in [1.82, 2.24) is 20.4 Å². The molecule has 4 N–H and O–H groups in total. The van der Waals surface area contributed by atoms with Crippen LogP contribution in [0.3, 0.4) is 0 Å². The van der Waals surface area contributed by atoms with E-state index < -0.39 is 23.9 Å². The molecule has 0 spiro atoms. The van der Waals surface area contributed by atoms with Gasteiger partial charge in [0.15, 0.2) is 17.7 Å². The van der Waals surface area contributed by atoms with E-state index in [1.165, 1.54) is 25.1 Å². The maximum absolute atomic E-state index is 13.1. The molecule has 190 valence electrons. The van der Waals surface area contributed by atoms with Gasteiger partial charge in [-0.2, -0.15) is 13.2 Å². The number of aryl methyl sites for hydroxylation is 1. The van der Waals surface area contributed by atoms with E-state index in [0.717, 1.165) is 12.4 Å². The maximum Gasteiger partial charge on any atom is 0.416 e. The molecule has 0 radical (unpaired) electrons. The van der Waals surface area contributed by atoms with Gasteiger partial charge >= 0.3 is 6.18 Å². The first-order chi connectivity index (χ1) is 17.1. The molecule has 36 heavy (non-hydrogen) atoms. The van der Waals surface area contributed by atoms with Gasteiger partial charge in [0.1, 0.15) is 22.7 Å². The van der Waals surface area contributed by atoms with Gasteiger partial charge < -0.3 is 25.4 Å². The highest BCUT2D eigenvalue weighted by Gasteiger charge is 2.32. The molecule has 0 aliphatic rings. The summed E-state index contributed by atoms with van der Waals surface area (Å²) in [6.45, 7) is 1.22. The van der Waals surface area contributed by atoms with Gasteiger partial charge in [-0.25, -0.2) is 9.97 Å². The molecular weight excluding hydrogens is 503 g/mol. The molecule has 1 amide bonds. The number of carbonyl (C=O) groups is 1. The summed E-state index contributed by atoms with van der Waals surface area (Å²) in [5, 5.41) is 27.9. The quantitative estimate of drug-likeness (QED) is 0.200. The molecule has 2 aromatic heterocycles. The van der Waals surface area contributed by atoms with Crippen molar-refractivity contribution in [3.05, 3.63) is 69.6 Å². The summed E-state index contributed by atoms with van der Waals surface area (Å²) in [7, 11) is 0. The summed E-state index contributed by atoms with van der Waals surface area (Å²) in [6.07, 6.45) is -3.96. The maximum atomic E-state index is 13.1. The molecule has 0 aliphatic carbocycles. The number of carbonyl (C=O) groups excluding carboxylic acids is 1. The molecule has 0 aliphatic heterocycles. The Balaban J connectivity index is 1.62. The number of alkyl halides is 3. The van der Waals surface area contributed by atoms with Crippen LogP contribution in [0.1, 0.15) is 57.8 Å². The van der Waals surface area contributed by atoms with Crippen LogP contribution in [-0.2, 0) is 12.7 Å². The van der Waals surface area contributed by atoms with Crippen molar-refractivity contribution in [2.45, 2.75) is 38.7 Å². The topological polar surface area (TPSA) is 133 Å². The van der Waals surface area contributed by atoms with Crippen molar-refractivity contribution >= 4 is 23.2 Å². The first-order valence-corrected chi connectivity index (χ1v) is 10.9. The molecule has 13 heteroatoms. The van der Waals surface area contributed by atoms with E-state index in [9.17, 15) is 23.1 Å². The minimum atomic E-state index is -4.54. The van der Waals surface area contributed by atoms with Crippen LogP contribution in [0.5, 0.6) is 0 Å². The second kappa shape index (κ2) is 11.9. The van der Waals surface area contributed by atoms with E-state index in [-0.39, 0.29) is 52.3 Å². The van der Waals surface area contributed by atoms with Crippen LogP contribution >= 0.6 is 11.6 Å². The van der Waals surface area contributed by atoms with Gasteiger partial charge in [0.05, 0.1) is 12.1 Å². The van der Waals surface area contributed by atoms with Crippen molar-refractivity contribution < 1.29 is 32.7 Å². The van der Waals surface area contributed by atoms with E-state index in [1.807, 2.05) is 0 Å². The number of nitrogens with zero attached hydrogens (tertiary/aromatic N) is 3. The second-order valence-corrected chi connectivity index (χ2v) is 7.87. The summed E-state index contributed by atoms with van der Waals surface area (Å²) >= 11 is 6.19. The lowest BCUT2D eigenvalue weighted by Gasteiger charge is -2.15. The second-order valence-electron chi connectivity index (χ2n) is 7.49. The number of unbranched alkanes of at least 4 members (excludes halogenated alkanes) is 1. The van der Waals surface area contributed by atoms with Gasteiger partial charge in [-0.1, -0.05) is 28.7 Å². The largest absolute Gasteiger partial charge is 0.416 e. The van der Waals surface area contributed by atoms with Crippen LogP contribution in [0.15, 0.2) is 35.1 Å². The van der Waals surface area contributed by atoms with Gasteiger partial charge in [0.25, 0.3) is 5.91 Å². The first-order valence-electron chi connectivity index (χ1n) is 10.6. The zero-order valence-electron chi connectivity index (χ0n) is 18.9. The molecule has 0 saturated heterocycles. The molecule has 0 fully saturated rings. The van der Waals surface area contributed by atoms with Gasteiger partial charge in [0, 0.05) is 24.8 Å². The molecule has 0 bridgehead atoms. The lowest BCUT2D eigenvalue weighted by atomic mass is 10.1. The molecule has 3 aromatic rings. The van der Waals surface area contributed by atoms with Crippen molar-refractivity contribution in [3.8, 4) is 11.8 Å². The standard InChI is InChI=1S/C23H21ClF3N5O4/c1-13-6-7-14(9-16(13)23(25,26)27)31-21(34)18-10-15(32-36-18)11-28-22(35)20-19(24)17(29-12-30-20)5-3-2-4-8-33/h6-7,9-10,12,21,31,33-34H,2,4,8,11H2,1H3,(H,28,35). The molecule has 1 atom stereocenters. The summed E-state index contributed by atoms with van der Waals surface area (Å²) < 4.78 is 44.4. The molecular formula is C23H21ClF3N5O4. The number of hydrogen-bond donors (Lipinski definition) is 4. The monoisotopic (exact) mass is 523 g/mol. The Morgan fingerprint density at radius 3 is 2.78 bits per heavy atom. The third kappa shape index (κ3) is 6.94. The van der Waals surface area contributed by atoms with Gasteiger partial charge in [-0.05, 0) is 37.0 Å². The summed E-state index contributed by atoms with van der Waals surface area (Å²) in [4.78, 5) is 20.3. The number of nitrogens with one attached hydrogen (secondary N) is 2. The molecule has 1 unspecified atom stereocenters. The van der Waals surface area contributed by atoms with E-state index in [0.29, 0.717) is 12.8 Å². The van der Waals surface area contributed by atoms with Crippen LogP contribution in [0.25, 0.3) is 0 Å². The Hall–Kier alpha value is -3.66. The Morgan fingerprint density at radius 1 is 1.28 bits per heavy atom. The van der Waals surface area contributed by atoms with Crippen LogP contribution in [0, 0.1) is 18.8 Å². The number of aliphatic hydroxyl groups excluding tert-OH is 2. The molecule has 3 rings (SSSR count). The normalized spacial score (nSPS) is 12.0. The lowest BCUT2D eigenvalue weighted by Crippen LogP contribution is -2.24. The van der Waals surface area contributed by atoms with Crippen molar-refractivity contribution in [1.29, 1.82) is 0 Å². The number of rotatable bonds is 8. The average molecular weight is 524 g/mol. The predicted molar refractivity (Wildman–Crippen MR) is 123 cm³/mol. The van der Waals surface area contributed by atoms with Gasteiger partial charge in [-0.15, -0.1) is 0 Å². The Bertz CT molecular complexity index is 1290. The fourth-order valence-corrected chi connectivity index (χ4v) is 3.20. The Kier molecular flexibility index (Phi) is 8.87. The fourth-order valence-electron chi connectivity index (χ4n) is 2.97. The highest BCUT2D eigenvalue weighted by Crippen LogP contribution is 2.34. The third-order valence-corrected chi connectivity index (χ3v) is 5.15. The number of anilines is 1. The smallest absolute Gasteiger partial charge is 0.396 e. The Labute approximate surface area is 208 Å². The zero-order chi connectivity index (χ0) is 26.3. The van der Waals surface area contributed by atoms with Crippen molar-refractivity contribution in [3.63, 3.8) is 0 Å². The number of halogens is 4. The number of hydrogen-bond acceptors (Lipinski definition) is 8. The van der Waals surface area contributed by atoms with E-state index >= 15 is 0 Å². The van der Waals surface area contributed by atoms with Crippen molar-refractivity contribution in [2.75, 3.05) is 11.9 Å². The summed E-state index contributed by atoms with van der Waals surface area (Å²) in [6, 6.07) is 4.88. The van der Waals surface area contributed by atoms with Crippen molar-refractivity contribution in [2.24, 2.45) is 0 Å². The number of aromatic nitrogens is 3. The lowest BCUT2D eigenvalue weighted by molar-refractivity contribution is -0.138. The SMILES string of the molecule is Cc1ccc(NC(O)c2cc(CNC(=O)c3ncnc(C#CCCCO)c3Cl)no2)cc1C(F)(F)F. The number of benzene rings is 1. The zero-order valence-corrected chi connectivity index (χ0v) is 19.6. The van der Waals surface area contributed by atoms with E-state index in [1.54, 1.807) is 0 Å². The van der Waals surface area contributed by atoms with E-state index in [2.05, 4.69) is 37.6 Å². The highest BCUT2D eigenvalue weighted by atomic mass is 35.5. The van der Waals surface area contributed by atoms with Gasteiger partial charge in [-0.3, -0.25) is 4.79 Å². The van der Waals surface area contributed by atoms with E-state index in [4.69, 9.17) is 21.2 Å². The minimum absolute atomic E-state index is 0.00162. The predicted octanol–water partition coefficient (Wildman–Crippen LogP) is 3.60. The van der Waals surface area contributed by atoms with Crippen LogP contribution in [0.2, 0.25) is 5.02 Å². The van der Waals surface area contributed by atoms with Gasteiger partial charge in [0.2, 0.25) is 0 Å². The van der Waals surface area contributed by atoms with Crippen LogP contribution in [0.4, 0.5) is 18.9 Å². The Morgan fingerprint density at radius 2 is 2.06 bits per heavy atom. The molecule has 1 aromatic carbocycles. The number of amides is 1. The third-order valence-electron chi connectivity index (χ3n) is 4.79. The highest BCUT2D eigenvalue weighted by molar-refractivity contribution is 6.34. The first kappa shape index (κ1) is 26.9. The molecule has 9 nitrogen and oxygen atoms in total. The summed E-state index contributed by atoms with van der Waals surface area (Å²) in [5.74, 6) is 4.79. The molecule has 0 saturated carbocycles. The average Bonchev–Trinajstić information content (AvgIpc) is 3.31. The molecule has 2 heterocycles.